The third-order valence-electron chi connectivity index (χ3n) is 5.38. The monoisotopic (exact) mass is 426 g/mol. The average molecular weight is 427 g/mol. The van der Waals surface area contributed by atoms with Gasteiger partial charge in [0, 0.05) is 20.0 Å². The first-order valence-electron chi connectivity index (χ1n) is 10.6. The van der Waals surface area contributed by atoms with Crippen LogP contribution in [0.4, 0.5) is 0 Å². The molecule has 31 heavy (non-hydrogen) atoms. The highest BCUT2D eigenvalue weighted by Gasteiger charge is 2.27. The number of nitrogens with zero attached hydrogens (tertiary/aromatic N) is 1. The highest BCUT2D eigenvalue weighted by molar-refractivity contribution is 5.87. The lowest BCUT2D eigenvalue weighted by Crippen LogP contribution is -2.48. The fourth-order valence-corrected chi connectivity index (χ4v) is 3.65. The normalized spacial score (nSPS) is 13.3. The van der Waals surface area contributed by atoms with Crippen LogP contribution in [0.2, 0.25) is 0 Å². The number of fused-ring (bicyclic) bond motifs is 1. The Morgan fingerprint density at radius 3 is 2.39 bits per heavy atom. The van der Waals surface area contributed by atoms with Crippen molar-refractivity contribution in [2.24, 2.45) is 0 Å². The molecule has 0 saturated carbocycles. The topological polar surface area (TPSA) is 77.1 Å². The first kappa shape index (κ1) is 22.5. The van der Waals surface area contributed by atoms with Gasteiger partial charge in [-0.25, -0.2) is 0 Å². The van der Waals surface area contributed by atoms with Gasteiger partial charge in [-0.2, -0.15) is 0 Å². The summed E-state index contributed by atoms with van der Waals surface area (Å²) < 4.78 is 16.4. The van der Waals surface area contributed by atoms with Crippen LogP contribution in [0.1, 0.15) is 30.9 Å². The van der Waals surface area contributed by atoms with Gasteiger partial charge in [0.1, 0.15) is 25.0 Å². The Hall–Kier alpha value is -3.22. The van der Waals surface area contributed by atoms with Crippen LogP contribution in [0, 0.1) is 0 Å². The maximum Gasteiger partial charge on any atom is 0.242 e. The van der Waals surface area contributed by atoms with Crippen molar-refractivity contribution < 1.29 is 23.8 Å². The number of hydrogen-bond donors (Lipinski definition) is 1. The van der Waals surface area contributed by atoms with Crippen molar-refractivity contribution >= 4 is 11.8 Å². The Morgan fingerprint density at radius 2 is 1.74 bits per heavy atom. The minimum atomic E-state index is -0.528. The third-order valence-corrected chi connectivity index (χ3v) is 5.38. The maximum absolute atomic E-state index is 13.2. The fraction of sp³-hybridized carbons (Fsp3) is 0.417. The van der Waals surface area contributed by atoms with Crippen molar-refractivity contribution in [3.05, 3.63) is 53.6 Å². The second-order valence-corrected chi connectivity index (χ2v) is 7.39. The number of amides is 2. The lowest BCUT2D eigenvalue weighted by atomic mass is 10.1. The summed E-state index contributed by atoms with van der Waals surface area (Å²) in [7, 11) is 3.21. The lowest BCUT2D eigenvalue weighted by molar-refractivity contribution is -0.141. The van der Waals surface area contributed by atoms with Crippen LogP contribution in [0.5, 0.6) is 17.2 Å². The molecular formula is C24H30N2O5. The van der Waals surface area contributed by atoms with Crippen molar-refractivity contribution in [2.45, 2.75) is 38.8 Å². The number of carbonyl (C=O) groups is 2. The number of hydrogen-bond acceptors (Lipinski definition) is 5. The predicted molar refractivity (Wildman–Crippen MR) is 117 cm³/mol. The minimum Gasteiger partial charge on any atom is -0.497 e. The molecule has 2 amide bonds. The van der Waals surface area contributed by atoms with Gasteiger partial charge in [-0.15, -0.1) is 0 Å². The highest BCUT2D eigenvalue weighted by Crippen LogP contribution is 2.31. The zero-order valence-corrected chi connectivity index (χ0v) is 18.3. The van der Waals surface area contributed by atoms with Crippen molar-refractivity contribution in [3.8, 4) is 17.2 Å². The van der Waals surface area contributed by atoms with E-state index in [0.29, 0.717) is 44.8 Å². The van der Waals surface area contributed by atoms with E-state index >= 15 is 0 Å². The van der Waals surface area contributed by atoms with Crippen LogP contribution in [-0.4, -0.2) is 50.1 Å². The van der Waals surface area contributed by atoms with Gasteiger partial charge >= 0.3 is 0 Å². The molecule has 3 rings (SSSR count). The van der Waals surface area contributed by atoms with Gasteiger partial charge in [-0.05, 0) is 48.2 Å². The molecule has 7 nitrogen and oxygen atoms in total. The van der Waals surface area contributed by atoms with Crippen LogP contribution in [0.25, 0.3) is 0 Å². The van der Waals surface area contributed by atoms with Gasteiger partial charge < -0.3 is 24.4 Å². The molecule has 0 radical (unpaired) electrons. The molecule has 0 bridgehead atoms. The highest BCUT2D eigenvalue weighted by atomic mass is 16.6. The molecule has 1 heterocycles. The second-order valence-electron chi connectivity index (χ2n) is 7.39. The molecule has 1 aliphatic rings. The van der Waals surface area contributed by atoms with E-state index in [4.69, 9.17) is 14.2 Å². The molecule has 1 N–H and O–H groups in total. The Kier molecular flexibility index (Phi) is 7.76. The second kappa shape index (κ2) is 10.7. The Balaban J connectivity index is 1.73. The average Bonchev–Trinajstić information content (AvgIpc) is 2.82. The number of benzene rings is 2. The summed E-state index contributed by atoms with van der Waals surface area (Å²) in [5.41, 5.74) is 1.94. The molecule has 2 aromatic rings. The summed E-state index contributed by atoms with van der Waals surface area (Å²) in [6.45, 7) is 3.34. The van der Waals surface area contributed by atoms with Gasteiger partial charge in [0.2, 0.25) is 11.8 Å². The number of methoxy groups -OCH3 is 1. The van der Waals surface area contributed by atoms with Crippen LogP contribution in [0.3, 0.4) is 0 Å². The van der Waals surface area contributed by atoms with E-state index in [9.17, 15) is 9.59 Å². The Labute approximate surface area is 183 Å². The molecule has 0 unspecified atom stereocenters. The molecule has 0 saturated heterocycles. The van der Waals surface area contributed by atoms with Crippen molar-refractivity contribution in [3.63, 3.8) is 0 Å². The van der Waals surface area contributed by atoms with Crippen LogP contribution < -0.4 is 19.5 Å². The molecule has 0 fully saturated rings. The first-order valence-corrected chi connectivity index (χ1v) is 10.6. The number of ether oxygens (including phenoxy) is 3. The third kappa shape index (κ3) is 5.69. The maximum atomic E-state index is 13.2. The van der Waals surface area contributed by atoms with E-state index in [-0.39, 0.29) is 11.8 Å². The molecule has 1 atom stereocenters. The van der Waals surface area contributed by atoms with Gasteiger partial charge in [-0.3, -0.25) is 9.59 Å². The van der Waals surface area contributed by atoms with E-state index in [2.05, 4.69) is 5.32 Å². The zero-order chi connectivity index (χ0) is 22.2. The van der Waals surface area contributed by atoms with Crippen LogP contribution >= 0.6 is 0 Å². The van der Waals surface area contributed by atoms with E-state index < -0.39 is 6.04 Å². The summed E-state index contributed by atoms with van der Waals surface area (Å²) in [6.07, 6.45) is 1.38. The molecule has 7 heteroatoms. The summed E-state index contributed by atoms with van der Waals surface area (Å²) in [6, 6.07) is 12.8. The largest absolute Gasteiger partial charge is 0.497 e. The van der Waals surface area contributed by atoms with Gasteiger partial charge in [0.15, 0.2) is 11.5 Å². The predicted octanol–water partition coefficient (Wildman–Crippen LogP) is 2.95. The Bertz CT molecular complexity index is 897. The van der Waals surface area contributed by atoms with Crippen molar-refractivity contribution in [1.82, 2.24) is 10.2 Å². The standard InChI is InChI=1S/C24H30N2O5/c1-4-20(24(28)25-2)26(16-18-5-9-19(29-3)10-6-18)23(27)12-8-17-7-11-21-22(15-17)31-14-13-30-21/h5-7,9-11,15,20H,4,8,12-14,16H2,1-3H3,(H,25,28)/t20-/m1/s1. The molecule has 1 aliphatic heterocycles. The molecular weight excluding hydrogens is 396 g/mol. The smallest absolute Gasteiger partial charge is 0.242 e. The lowest BCUT2D eigenvalue weighted by Gasteiger charge is -2.30. The van der Waals surface area contributed by atoms with Gasteiger partial charge in [-0.1, -0.05) is 25.1 Å². The number of aryl methyl sites for hydroxylation is 1. The van der Waals surface area contributed by atoms with Crippen molar-refractivity contribution in [1.29, 1.82) is 0 Å². The number of nitrogens with one attached hydrogen (secondary N) is 1. The van der Waals surface area contributed by atoms with E-state index in [1.54, 1.807) is 19.1 Å². The molecule has 0 aliphatic carbocycles. The number of likely N-dealkylation sites (N-methyl/N-ethyl adjacent to an activating group) is 1. The number of rotatable bonds is 9. The van der Waals surface area contributed by atoms with E-state index in [1.165, 1.54) is 0 Å². The van der Waals surface area contributed by atoms with E-state index in [0.717, 1.165) is 22.6 Å². The van der Waals surface area contributed by atoms with Gasteiger partial charge in [0.05, 0.1) is 7.11 Å². The molecule has 2 aromatic carbocycles. The summed E-state index contributed by atoms with van der Waals surface area (Å²) >= 11 is 0. The minimum absolute atomic E-state index is 0.0684. The van der Waals surface area contributed by atoms with Gasteiger partial charge in [0.25, 0.3) is 0 Å². The fourth-order valence-electron chi connectivity index (χ4n) is 3.65. The molecule has 0 spiro atoms. The summed E-state index contributed by atoms with van der Waals surface area (Å²) in [4.78, 5) is 27.3. The molecule has 166 valence electrons. The SMILES string of the molecule is CC[C@H](C(=O)NC)N(Cc1ccc(OC)cc1)C(=O)CCc1ccc2c(c1)OCCO2. The summed E-state index contributed by atoms with van der Waals surface area (Å²) in [5.74, 6) is 1.96. The zero-order valence-electron chi connectivity index (χ0n) is 18.3. The van der Waals surface area contributed by atoms with Crippen LogP contribution in [-0.2, 0) is 22.6 Å². The molecule has 0 aromatic heterocycles. The van der Waals surface area contributed by atoms with Crippen LogP contribution in [0.15, 0.2) is 42.5 Å². The number of carbonyl (C=O) groups excluding carboxylic acids is 2. The first-order chi connectivity index (χ1) is 15.0. The summed E-state index contributed by atoms with van der Waals surface area (Å²) in [5, 5.41) is 2.68. The quantitative estimate of drug-likeness (QED) is 0.667. The van der Waals surface area contributed by atoms with E-state index in [1.807, 2.05) is 49.4 Å². The van der Waals surface area contributed by atoms with Crippen molar-refractivity contribution in [2.75, 3.05) is 27.4 Å². The Morgan fingerprint density at radius 1 is 1.06 bits per heavy atom.